The van der Waals surface area contributed by atoms with Gasteiger partial charge in [0.1, 0.15) is 11.3 Å². The van der Waals surface area contributed by atoms with Crippen molar-refractivity contribution in [2.45, 2.75) is 6.54 Å². The second kappa shape index (κ2) is 4.59. The Kier molecular flexibility index (Phi) is 2.60. The van der Waals surface area contributed by atoms with Crippen molar-refractivity contribution < 1.29 is 5.11 Å². The molecular weight excluding hydrogens is 262 g/mol. The average molecular weight is 275 g/mol. The first-order valence-electron chi connectivity index (χ1n) is 6.81. The topological polar surface area (TPSA) is 50.9 Å². The third-order valence-corrected chi connectivity index (χ3v) is 3.74. The summed E-state index contributed by atoms with van der Waals surface area (Å²) in [5.41, 5.74) is 2.69. The highest BCUT2D eigenvalue weighted by atomic mass is 16.3. The monoisotopic (exact) mass is 275 g/mol. The molecule has 0 radical (unpaired) electrons. The molecule has 102 valence electrons. The number of hydrogen-bond donors (Lipinski definition) is 1. The first-order chi connectivity index (χ1) is 10.3. The zero-order chi connectivity index (χ0) is 14.2. The highest BCUT2D eigenvalue weighted by molar-refractivity contribution is 5.87. The zero-order valence-corrected chi connectivity index (χ0v) is 11.3. The molecule has 0 spiro atoms. The molecule has 3 aromatic carbocycles. The van der Waals surface area contributed by atoms with Crippen molar-refractivity contribution in [3.05, 3.63) is 66.2 Å². The van der Waals surface area contributed by atoms with Crippen LogP contribution in [0.15, 0.2) is 60.7 Å². The van der Waals surface area contributed by atoms with Gasteiger partial charge in [-0.15, -0.1) is 5.10 Å². The summed E-state index contributed by atoms with van der Waals surface area (Å²) < 4.78 is 1.82. The maximum Gasteiger partial charge on any atom is 0.121 e. The van der Waals surface area contributed by atoms with Crippen LogP contribution in [-0.2, 0) is 6.54 Å². The van der Waals surface area contributed by atoms with Gasteiger partial charge in [0.15, 0.2) is 0 Å². The maximum atomic E-state index is 10.2. The minimum absolute atomic E-state index is 0.285. The van der Waals surface area contributed by atoms with Crippen LogP contribution in [-0.4, -0.2) is 20.1 Å². The molecular formula is C17H13N3O. The number of aromatic nitrogens is 3. The van der Waals surface area contributed by atoms with Gasteiger partial charge in [-0.3, -0.25) is 0 Å². The molecule has 0 saturated carbocycles. The van der Waals surface area contributed by atoms with Gasteiger partial charge in [-0.2, -0.15) is 0 Å². The molecule has 0 atom stereocenters. The van der Waals surface area contributed by atoms with Crippen molar-refractivity contribution in [2.75, 3.05) is 0 Å². The fourth-order valence-electron chi connectivity index (χ4n) is 2.67. The van der Waals surface area contributed by atoms with Gasteiger partial charge < -0.3 is 5.11 Å². The molecule has 4 heteroatoms. The van der Waals surface area contributed by atoms with Gasteiger partial charge in [0.2, 0.25) is 0 Å². The number of para-hydroxylation sites is 1. The second-order valence-electron chi connectivity index (χ2n) is 5.02. The number of phenolic OH excluding ortho intramolecular Hbond substituents is 1. The van der Waals surface area contributed by atoms with Crippen LogP contribution in [0.25, 0.3) is 21.8 Å². The van der Waals surface area contributed by atoms with Gasteiger partial charge in [-0.25, -0.2) is 4.68 Å². The van der Waals surface area contributed by atoms with E-state index in [1.807, 2.05) is 59.3 Å². The van der Waals surface area contributed by atoms with Gasteiger partial charge >= 0.3 is 0 Å². The van der Waals surface area contributed by atoms with E-state index in [0.29, 0.717) is 6.54 Å². The quantitative estimate of drug-likeness (QED) is 0.610. The van der Waals surface area contributed by atoms with E-state index in [9.17, 15) is 5.11 Å². The normalized spacial score (nSPS) is 11.2. The Hall–Kier alpha value is -2.88. The fourth-order valence-corrected chi connectivity index (χ4v) is 2.67. The molecule has 0 amide bonds. The SMILES string of the molecule is Oc1ccc2ccccc2c1Cn1nnc2ccccc21. The van der Waals surface area contributed by atoms with Crippen molar-refractivity contribution in [1.29, 1.82) is 0 Å². The predicted octanol–water partition coefficient (Wildman–Crippen LogP) is 3.34. The van der Waals surface area contributed by atoms with Crippen LogP contribution in [0.2, 0.25) is 0 Å². The Balaban J connectivity index is 1.89. The molecule has 1 N–H and O–H groups in total. The van der Waals surface area contributed by atoms with Crippen molar-refractivity contribution >= 4 is 21.8 Å². The van der Waals surface area contributed by atoms with Crippen molar-refractivity contribution in [2.24, 2.45) is 0 Å². The lowest BCUT2D eigenvalue weighted by Crippen LogP contribution is -2.02. The minimum atomic E-state index is 0.285. The summed E-state index contributed by atoms with van der Waals surface area (Å²) in [7, 11) is 0. The van der Waals surface area contributed by atoms with E-state index in [1.54, 1.807) is 6.07 Å². The summed E-state index contributed by atoms with van der Waals surface area (Å²) in [5, 5.41) is 20.7. The van der Waals surface area contributed by atoms with Crippen molar-refractivity contribution in [3.63, 3.8) is 0 Å². The molecule has 0 unspecified atom stereocenters. The van der Waals surface area contributed by atoms with Crippen molar-refractivity contribution in [3.8, 4) is 5.75 Å². The first-order valence-corrected chi connectivity index (χ1v) is 6.81. The van der Waals surface area contributed by atoms with E-state index in [4.69, 9.17) is 0 Å². The van der Waals surface area contributed by atoms with E-state index in [-0.39, 0.29) is 5.75 Å². The number of rotatable bonds is 2. The number of hydrogen-bond acceptors (Lipinski definition) is 3. The van der Waals surface area contributed by atoms with Crippen LogP contribution in [0, 0.1) is 0 Å². The summed E-state index contributed by atoms with van der Waals surface area (Å²) in [4.78, 5) is 0. The molecule has 1 aromatic heterocycles. The second-order valence-corrected chi connectivity index (χ2v) is 5.02. The molecule has 4 rings (SSSR count). The van der Waals surface area contributed by atoms with Gasteiger partial charge in [-0.05, 0) is 29.0 Å². The Morgan fingerprint density at radius 1 is 0.905 bits per heavy atom. The zero-order valence-electron chi connectivity index (χ0n) is 11.3. The number of aromatic hydroxyl groups is 1. The molecule has 0 aliphatic heterocycles. The predicted molar refractivity (Wildman–Crippen MR) is 82.2 cm³/mol. The molecule has 1 heterocycles. The molecule has 21 heavy (non-hydrogen) atoms. The van der Waals surface area contributed by atoms with Crippen molar-refractivity contribution in [1.82, 2.24) is 15.0 Å². The van der Waals surface area contributed by atoms with Crippen LogP contribution in [0.5, 0.6) is 5.75 Å². The largest absolute Gasteiger partial charge is 0.508 e. The lowest BCUT2D eigenvalue weighted by atomic mass is 10.0. The first kappa shape index (κ1) is 11.9. The fraction of sp³-hybridized carbons (Fsp3) is 0.0588. The van der Waals surface area contributed by atoms with Crippen LogP contribution >= 0.6 is 0 Å². The summed E-state index contributed by atoms with van der Waals surface area (Å²) in [6, 6.07) is 19.5. The van der Waals surface area contributed by atoms with E-state index in [2.05, 4.69) is 10.3 Å². The number of benzene rings is 3. The number of nitrogens with zero attached hydrogens (tertiary/aromatic N) is 3. The summed E-state index contributed by atoms with van der Waals surface area (Å²) in [6.07, 6.45) is 0. The molecule has 4 aromatic rings. The van der Waals surface area contributed by atoms with Crippen LogP contribution in [0.4, 0.5) is 0 Å². The molecule has 4 nitrogen and oxygen atoms in total. The molecule has 0 fully saturated rings. The summed E-state index contributed by atoms with van der Waals surface area (Å²) >= 11 is 0. The standard InChI is InChI=1S/C17H13N3O/c21-17-10-9-12-5-1-2-6-13(12)14(17)11-20-16-8-4-3-7-15(16)18-19-20/h1-10,21H,11H2. The average Bonchev–Trinajstić information content (AvgIpc) is 2.93. The number of phenols is 1. The third kappa shape index (κ3) is 1.92. The highest BCUT2D eigenvalue weighted by Gasteiger charge is 2.10. The Labute approximate surface area is 121 Å². The van der Waals surface area contributed by atoms with Gasteiger partial charge in [0.25, 0.3) is 0 Å². The number of fused-ring (bicyclic) bond motifs is 2. The van der Waals surface area contributed by atoms with Crippen LogP contribution in [0.3, 0.4) is 0 Å². The molecule has 0 aliphatic carbocycles. The van der Waals surface area contributed by atoms with Gasteiger partial charge in [0, 0.05) is 5.56 Å². The Morgan fingerprint density at radius 2 is 1.71 bits per heavy atom. The maximum absolute atomic E-state index is 10.2. The van der Waals surface area contributed by atoms with E-state index < -0.39 is 0 Å². The highest BCUT2D eigenvalue weighted by Crippen LogP contribution is 2.28. The lowest BCUT2D eigenvalue weighted by molar-refractivity contribution is 0.465. The van der Waals surface area contributed by atoms with Crippen LogP contribution < -0.4 is 0 Å². The third-order valence-electron chi connectivity index (χ3n) is 3.74. The smallest absolute Gasteiger partial charge is 0.121 e. The van der Waals surface area contributed by atoms with Crippen LogP contribution in [0.1, 0.15) is 5.56 Å². The van der Waals surface area contributed by atoms with Gasteiger partial charge in [0.05, 0.1) is 12.1 Å². The van der Waals surface area contributed by atoms with Gasteiger partial charge in [-0.1, -0.05) is 47.7 Å². The van der Waals surface area contributed by atoms with E-state index >= 15 is 0 Å². The van der Waals surface area contributed by atoms with E-state index in [1.165, 1.54) is 0 Å². The molecule has 0 saturated heterocycles. The summed E-state index contributed by atoms with van der Waals surface area (Å²) in [5.74, 6) is 0.285. The van der Waals surface area contributed by atoms with E-state index in [0.717, 1.165) is 27.4 Å². The molecule has 0 bridgehead atoms. The molecule has 0 aliphatic rings. The Morgan fingerprint density at radius 3 is 2.67 bits per heavy atom. The Bertz CT molecular complexity index is 943. The lowest BCUT2D eigenvalue weighted by Gasteiger charge is -2.09. The summed E-state index contributed by atoms with van der Waals surface area (Å²) in [6.45, 7) is 0.494. The minimum Gasteiger partial charge on any atom is -0.508 e.